The van der Waals surface area contributed by atoms with E-state index in [4.69, 9.17) is 0 Å². The van der Waals surface area contributed by atoms with Crippen LogP contribution in [0.2, 0.25) is 0 Å². The molecule has 7 nitrogen and oxygen atoms in total. The van der Waals surface area contributed by atoms with Gasteiger partial charge in [-0.25, -0.2) is 23.1 Å². The first-order valence-electron chi connectivity index (χ1n) is 7.26. The lowest BCUT2D eigenvalue weighted by Gasteiger charge is -2.08. The third-order valence-electron chi connectivity index (χ3n) is 3.94. The number of sulfone groups is 1. The Balaban J connectivity index is 1.98. The standard InChI is InChI=1S/C15H14BrN5O2S/c1-9-13-6-21-15(18-14(19-21)7-24(2,22)23)11-5-10(16)3-4-12(11)20(13)8-17-9/h3-5,8H,6-7H2,1-2H3. The summed E-state index contributed by atoms with van der Waals surface area (Å²) in [6.45, 7) is 2.44. The molecular weight excluding hydrogens is 394 g/mol. The SMILES string of the molecule is Cc1ncn2c1Cn1nc(CS(C)(=O)=O)nc1-c1cc(Br)ccc1-2. The van der Waals surface area contributed by atoms with Crippen molar-refractivity contribution in [2.75, 3.05) is 6.26 Å². The number of rotatable bonds is 2. The Bertz CT molecular complexity index is 1070. The number of fused-ring (bicyclic) bond motifs is 5. The number of nitrogens with zero attached hydrogens (tertiary/aromatic N) is 5. The Kier molecular flexibility index (Phi) is 3.40. The monoisotopic (exact) mass is 407 g/mol. The van der Waals surface area contributed by atoms with Gasteiger partial charge in [0.2, 0.25) is 0 Å². The van der Waals surface area contributed by atoms with Gasteiger partial charge in [-0.3, -0.25) is 0 Å². The fourth-order valence-electron chi connectivity index (χ4n) is 2.89. The first-order chi connectivity index (χ1) is 11.3. The molecule has 9 heteroatoms. The highest BCUT2D eigenvalue weighted by Gasteiger charge is 2.24. The molecule has 4 rings (SSSR count). The predicted octanol–water partition coefficient (Wildman–Crippen LogP) is 2.11. The van der Waals surface area contributed by atoms with Crippen molar-refractivity contribution in [1.29, 1.82) is 0 Å². The molecule has 0 saturated carbocycles. The third kappa shape index (κ3) is 2.57. The summed E-state index contributed by atoms with van der Waals surface area (Å²) in [6, 6.07) is 5.91. The van der Waals surface area contributed by atoms with Gasteiger partial charge in [-0.05, 0) is 25.1 Å². The number of hydrogen-bond acceptors (Lipinski definition) is 5. The molecule has 0 spiro atoms. The number of hydrogen-bond donors (Lipinski definition) is 0. The number of benzene rings is 1. The molecule has 0 unspecified atom stereocenters. The van der Waals surface area contributed by atoms with E-state index in [0.29, 0.717) is 18.2 Å². The molecule has 1 aliphatic heterocycles. The molecule has 124 valence electrons. The van der Waals surface area contributed by atoms with Gasteiger partial charge in [0.25, 0.3) is 0 Å². The van der Waals surface area contributed by atoms with Gasteiger partial charge >= 0.3 is 0 Å². The molecule has 24 heavy (non-hydrogen) atoms. The predicted molar refractivity (Wildman–Crippen MR) is 92.7 cm³/mol. The first-order valence-corrected chi connectivity index (χ1v) is 10.1. The van der Waals surface area contributed by atoms with Gasteiger partial charge in [0, 0.05) is 16.3 Å². The Labute approximate surface area is 147 Å². The van der Waals surface area contributed by atoms with Gasteiger partial charge in [0.05, 0.1) is 29.9 Å². The van der Waals surface area contributed by atoms with Crippen LogP contribution in [0.3, 0.4) is 0 Å². The molecule has 0 N–H and O–H groups in total. The van der Waals surface area contributed by atoms with Crippen LogP contribution >= 0.6 is 15.9 Å². The highest BCUT2D eigenvalue weighted by molar-refractivity contribution is 9.10. The minimum absolute atomic E-state index is 0.172. The summed E-state index contributed by atoms with van der Waals surface area (Å²) in [6.07, 6.45) is 2.98. The van der Waals surface area contributed by atoms with Crippen molar-refractivity contribution in [1.82, 2.24) is 24.3 Å². The van der Waals surface area contributed by atoms with Gasteiger partial charge in [-0.2, -0.15) is 5.10 Å². The summed E-state index contributed by atoms with van der Waals surface area (Å²) in [5, 5.41) is 4.41. The fourth-order valence-corrected chi connectivity index (χ4v) is 3.85. The smallest absolute Gasteiger partial charge is 0.166 e. The van der Waals surface area contributed by atoms with Crippen molar-refractivity contribution < 1.29 is 8.42 Å². The van der Waals surface area contributed by atoms with E-state index < -0.39 is 9.84 Å². The molecule has 0 radical (unpaired) electrons. The lowest BCUT2D eigenvalue weighted by molar-refractivity contribution is 0.598. The van der Waals surface area contributed by atoms with Crippen molar-refractivity contribution in [2.24, 2.45) is 0 Å². The number of halogens is 1. The maximum absolute atomic E-state index is 11.6. The summed E-state index contributed by atoms with van der Waals surface area (Å²) in [5.41, 5.74) is 3.75. The Morgan fingerprint density at radius 1 is 1.33 bits per heavy atom. The fraction of sp³-hybridized carbons (Fsp3) is 0.267. The van der Waals surface area contributed by atoms with Gasteiger partial charge in [-0.1, -0.05) is 15.9 Å². The number of aromatic nitrogens is 5. The molecule has 2 aromatic heterocycles. The summed E-state index contributed by atoms with van der Waals surface area (Å²) >= 11 is 3.49. The zero-order chi connectivity index (χ0) is 17.1. The van der Waals surface area contributed by atoms with Gasteiger partial charge in [-0.15, -0.1) is 0 Å². The molecule has 0 aliphatic carbocycles. The minimum atomic E-state index is -3.19. The van der Waals surface area contributed by atoms with Crippen LogP contribution in [0, 0.1) is 6.92 Å². The van der Waals surface area contributed by atoms with Crippen molar-refractivity contribution in [2.45, 2.75) is 19.2 Å². The summed E-state index contributed by atoms with van der Waals surface area (Å²) in [4.78, 5) is 8.88. The first kappa shape index (κ1) is 15.5. The van der Waals surface area contributed by atoms with Crippen LogP contribution in [0.15, 0.2) is 29.0 Å². The second-order valence-corrected chi connectivity index (χ2v) is 8.94. The zero-order valence-electron chi connectivity index (χ0n) is 13.1. The molecule has 0 fully saturated rings. The van der Waals surface area contributed by atoms with Crippen LogP contribution in [0.1, 0.15) is 17.2 Å². The topological polar surface area (TPSA) is 82.7 Å². The Morgan fingerprint density at radius 2 is 2.12 bits per heavy atom. The van der Waals surface area contributed by atoms with Crippen LogP contribution in [0.5, 0.6) is 0 Å². The molecule has 0 amide bonds. The maximum atomic E-state index is 11.6. The highest BCUT2D eigenvalue weighted by Crippen LogP contribution is 2.33. The second kappa shape index (κ2) is 5.25. The van der Waals surface area contributed by atoms with Gasteiger partial charge in [0.15, 0.2) is 21.5 Å². The second-order valence-electron chi connectivity index (χ2n) is 5.89. The highest BCUT2D eigenvalue weighted by atomic mass is 79.9. The summed E-state index contributed by atoms with van der Waals surface area (Å²) in [5.74, 6) is 0.797. The third-order valence-corrected chi connectivity index (χ3v) is 5.22. The van der Waals surface area contributed by atoms with Gasteiger partial charge < -0.3 is 4.57 Å². The van der Waals surface area contributed by atoms with Crippen LogP contribution in [-0.2, 0) is 22.1 Å². The average Bonchev–Trinajstić information content (AvgIpc) is 2.99. The Hall–Kier alpha value is -2.00. The van der Waals surface area contributed by atoms with Crippen molar-refractivity contribution in [3.05, 3.63) is 46.2 Å². The van der Waals surface area contributed by atoms with E-state index in [0.717, 1.165) is 27.1 Å². The molecule has 3 aromatic rings. The molecule has 1 aliphatic rings. The molecule has 1 aromatic carbocycles. The molecule has 3 heterocycles. The van der Waals surface area contributed by atoms with Crippen LogP contribution in [-0.4, -0.2) is 39.0 Å². The number of aryl methyl sites for hydroxylation is 1. The lowest BCUT2D eigenvalue weighted by Crippen LogP contribution is -2.07. The average molecular weight is 408 g/mol. The van der Waals surface area contributed by atoms with E-state index in [-0.39, 0.29) is 5.75 Å². The summed E-state index contributed by atoms with van der Waals surface area (Å²) in [7, 11) is -3.19. The van der Waals surface area contributed by atoms with Crippen LogP contribution in [0.4, 0.5) is 0 Å². The Morgan fingerprint density at radius 3 is 2.88 bits per heavy atom. The van der Waals surface area contributed by atoms with Crippen molar-refractivity contribution in [3.63, 3.8) is 0 Å². The molecule has 0 atom stereocenters. The largest absolute Gasteiger partial charge is 0.300 e. The van der Waals surface area contributed by atoms with E-state index >= 15 is 0 Å². The van der Waals surface area contributed by atoms with Crippen molar-refractivity contribution >= 4 is 25.8 Å². The zero-order valence-corrected chi connectivity index (χ0v) is 15.5. The minimum Gasteiger partial charge on any atom is -0.300 e. The summed E-state index contributed by atoms with van der Waals surface area (Å²) < 4.78 is 27.9. The lowest BCUT2D eigenvalue weighted by atomic mass is 10.1. The van der Waals surface area contributed by atoms with E-state index in [2.05, 4.69) is 31.0 Å². The van der Waals surface area contributed by atoms with Crippen LogP contribution in [0.25, 0.3) is 17.1 Å². The molecule has 0 saturated heterocycles. The van der Waals surface area contributed by atoms with E-state index in [1.54, 1.807) is 11.0 Å². The normalized spacial score (nSPS) is 13.1. The molecule has 0 bridgehead atoms. The van der Waals surface area contributed by atoms with E-state index in [1.165, 1.54) is 6.26 Å². The maximum Gasteiger partial charge on any atom is 0.166 e. The van der Waals surface area contributed by atoms with Crippen LogP contribution < -0.4 is 0 Å². The number of imidazole rings is 1. The van der Waals surface area contributed by atoms with E-state index in [9.17, 15) is 8.42 Å². The van der Waals surface area contributed by atoms with E-state index in [1.807, 2.05) is 29.7 Å². The quantitative estimate of drug-likeness (QED) is 0.508. The molecular formula is C15H14BrN5O2S. The van der Waals surface area contributed by atoms with Crippen molar-refractivity contribution in [3.8, 4) is 17.1 Å². The van der Waals surface area contributed by atoms with Gasteiger partial charge in [0.1, 0.15) is 5.75 Å².